The van der Waals surface area contributed by atoms with Gasteiger partial charge in [0.2, 0.25) is 11.8 Å². The summed E-state index contributed by atoms with van der Waals surface area (Å²) in [7, 11) is 0. The van der Waals surface area contributed by atoms with Gasteiger partial charge in [-0.1, -0.05) is 6.07 Å². The number of hydrogen-bond donors (Lipinski definition) is 3. The molecule has 1 aliphatic rings. The summed E-state index contributed by atoms with van der Waals surface area (Å²) in [5.74, 6) is -0.815. The first-order valence-electron chi connectivity index (χ1n) is 6.34. The smallest absolute Gasteiger partial charge is 0.353 e. The molecule has 0 saturated carbocycles. The number of benzene rings is 1. The molecule has 0 spiro atoms. The molecular formula is C13H14F3N3O2. The Morgan fingerprint density at radius 1 is 1.33 bits per heavy atom. The van der Waals surface area contributed by atoms with Gasteiger partial charge in [0.25, 0.3) is 0 Å². The van der Waals surface area contributed by atoms with E-state index >= 15 is 0 Å². The molecule has 1 aromatic rings. The highest BCUT2D eigenvalue weighted by Crippen LogP contribution is 2.30. The van der Waals surface area contributed by atoms with Gasteiger partial charge in [0.15, 0.2) is 0 Å². The highest BCUT2D eigenvalue weighted by Gasteiger charge is 2.30. The van der Waals surface area contributed by atoms with Crippen LogP contribution in [-0.4, -0.2) is 30.9 Å². The quantitative estimate of drug-likeness (QED) is 0.783. The molecule has 3 N–H and O–H groups in total. The van der Waals surface area contributed by atoms with Crippen LogP contribution in [0.1, 0.15) is 12.0 Å². The van der Waals surface area contributed by atoms with Crippen LogP contribution in [0.25, 0.3) is 0 Å². The van der Waals surface area contributed by atoms with Crippen molar-refractivity contribution in [2.24, 2.45) is 0 Å². The van der Waals surface area contributed by atoms with Crippen molar-refractivity contribution in [3.63, 3.8) is 0 Å². The molecule has 5 nitrogen and oxygen atoms in total. The third kappa shape index (κ3) is 4.19. The topological polar surface area (TPSA) is 70.2 Å². The largest absolute Gasteiger partial charge is 0.416 e. The maximum atomic E-state index is 12.6. The average Bonchev–Trinajstić information content (AvgIpc) is 2.41. The molecule has 0 aliphatic carbocycles. The van der Waals surface area contributed by atoms with Crippen molar-refractivity contribution in [1.29, 1.82) is 0 Å². The lowest BCUT2D eigenvalue weighted by molar-refractivity contribution is -0.137. The lowest BCUT2D eigenvalue weighted by Gasteiger charge is -2.22. The van der Waals surface area contributed by atoms with Crippen LogP contribution >= 0.6 is 0 Å². The van der Waals surface area contributed by atoms with Gasteiger partial charge in [0.05, 0.1) is 18.0 Å². The summed E-state index contributed by atoms with van der Waals surface area (Å²) in [5.41, 5.74) is -0.792. The maximum Gasteiger partial charge on any atom is 0.416 e. The Morgan fingerprint density at radius 2 is 2.10 bits per heavy atom. The minimum Gasteiger partial charge on any atom is -0.353 e. The first-order valence-corrected chi connectivity index (χ1v) is 6.34. The number of halogens is 3. The maximum absolute atomic E-state index is 12.6. The molecule has 1 aliphatic heterocycles. The Bertz CT molecular complexity index is 546. The van der Waals surface area contributed by atoms with Gasteiger partial charge in [0.1, 0.15) is 0 Å². The Labute approximate surface area is 118 Å². The summed E-state index contributed by atoms with van der Waals surface area (Å²) in [6, 6.07) is 3.69. The van der Waals surface area contributed by atoms with Crippen molar-refractivity contribution in [3.05, 3.63) is 29.8 Å². The fraction of sp³-hybridized carbons (Fsp3) is 0.385. The molecule has 0 bridgehead atoms. The summed E-state index contributed by atoms with van der Waals surface area (Å²) in [5, 5.41) is 7.83. The molecule has 8 heteroatoms. The second-order valence-corrected chi connectivity index (χ2v) is 4.63. The van der Waals surface area contributed by atoms with E-state index < -0.39 is 23.7 Å². The van der Waals surface area contributed by atoms with E-state index in [0.29, 0.717) is 13.1 Å². The summed E-state index contributed by atoms with van der Waals surface area (Å²) < 4.78 is 37.7. The zero-order valence-corrected chi connectivity index (χ0v) is 11.0. The molecule has 114 valence electrons. The zero-order valence-electron chi connectivity index (χ0n) is 11.0. The van der Waals surface area contributed by atoms with Gasteiger partial charge in [-0.2, -0.15) is 13.2 Å². The van der Waals surface area contributed by atoms with Crippen molar-refractivity contribution in [1.82, 2.24) is 10.6 Å². The second kappa shape index (κ2) is 6.13. The normalized spacial score (nSPS) is 19.0. The Balaban J connectivity index is 1.98. The van der Waals surface area contributed by atoms with E-state index in [1.165, 1.54) is 12.1 Å². The minimum absolute atomic E-state index is 0.0473. The van der Waals surface area contributed by atoms with E-state index in [0.717, 1.165) is 12.1 Å². The molecule has 2 rings (SSSR count). The van der Waals surface area contributed by atoms with E-state index in [-0.39, 0.29) is 18.0 Å². The number of anilines is 1. The number of nitrogens with one attached hydrogen (secondary N) is 3. The molecule has 21 heavy (non-hydrogen) atoms. The SMILES string of the molecule is O=C(C[C@H]1NCCNC1=O)Nc1cccc(C(F)(F)F)c1. The standard InChI is InChI=1S/C13H14F3N3O2/c14-13(15,16)8-2-1-3-9(6-8)19-11(20)7-10-12(21)18-5-4-17-10/h1-3,6,10,17H,4-5,7H2,(H,18,21)(H,19,20)/t10-/m1/s1. The Morgan fingerprint density at radius 3 is 2.76 bits per heavy atom. The van der Waals surface area contributed by atoms with E-state index in [4.69, 9.17) is 0 Å². The van der Waals surface area contributed by atoms with Gasteiger partial charge in [-0.3, -0.25) is 9.59 Å². The van der Waals surface area contributed by atoms with Gasteiger partial charge in [0, 0.05) is 18.8 Å². The van der Waals surface area contributed by atoms with Crippen molar-refractivity contribution >= 4 is 17.5 Å². The summed E-state index contributed by atoms with van der Waals surface area (Å²) in [6.45, 7) is 1.04. The number of carbonyl (C=O) groups is 2. The molecule has 0 radical (unpaired) electrons. The minimum atomic E-state index is -4.47. The molecule has 1 saturated heterocycles. The molecule has 0 unspecified atom stereocenters. The van der Waals surface area contributed by atoms with Gasteiger partial charge in [-0.15, -0.1) is 0 Å². The van der Waals surface area contributed by atoms with Crippen LogP contribution in [0.2, 0.25) is 0 Å². The number of piperazine rings is 1. The molecule has 2 amide bonds. The lowest BCUT2D eigenvalue weighted by Crippen LogP contribution is -2.53. The van der Waals surface area contributed by atoms with E-state index in [9.17, 15) is 22.8 Å². The van der Waals surface area contributed by atoms with Crippen LogP contribution < -0.4 is 16.0 Å². The van der Waals surface area contributed by atoms with Crippen LogP contribution in [0, 0.1) is 0 Å². The fourth-order valence-electron chi connectivity index (χ4n) is 1.98. The molecule has 0 aromatic heterocycles. The van der Waals surface area contributed by atoms with E-state index in [1.54, 1.807) is 0 Å². The fourth-order valence-corrected chi connectivity index (χ4v) is 1.98. The lowest BCUT2D eigenvalue weighted by atomic mass is 10.1. The molecule has 1 atom stereocenters. The van der Waals surface area contributed by atoms with Gasteiger partial charge < -0.3 is 16.0 Å². The number of carbonyl (C=O) groups excluding carboxylic acids is 2. The number of rotatable bonds is 3. The summed E-state index contributed by atoms with van der Waals surface area (Å²) >= 11 is 0. The van der Waals surface area contributed by atoms with Crippen LogP contribution in [0.15, 0.2) is 24.3 Å². The molecular weight excluding hydrogens is 287 g/mol. The number of amides is 2. The average molecular weight is 301 g/mol. The van der Waals surface area contributed by atoms with Crippen molar-refractivity contribution in [2.45, 2.75) is 18.6 Å². The third-order valence-electron chi connectivity index (χ3n) is 2.99. The van der Waals surface area contributed by atoms with Gasteiger partial charge >= 0.3 is 6.18 Å². The highest BCUT2D eigenvalue weighted by molar-refractivity contribution is 5.95. The van der Waals surface area contributed by atoms with Crippen LogP contribution in [-0.2, 0) is 15.8 Å². The van der Waals surface area contributed by atoms with Gasteiger partial charge in [-0.05, 0) is 18.2 Å². The highest BCUT2D eigenvalue weighted by atomic mass is 19.4. The monoisotopic (exact) mass is 301 g/mol. The number of alkyl halides is 3. The predicted molar refractivity (Wildman–Crippen MR) is 69.5 cm³/mol. The first-order chi connectivity index (χ1) is 9.86. The Hall–Kier alpha value is -2.09. The van der Waals surface area contributed by atoms with E-state index in [1.807, 2.05) is 0 Å². The van der Waals surface area contributed by atoms with Crippen LogP contribution in [0.4, 0.5) is 18.9 Å². The van der Waals surface area contributed by atoms with Crippen molar-refractivity contribution < 1.29 is 22.8 Å². The molecule has 1 aromatic carbocycles. The van der Waals surface area contributed by atoms with E-state index in [2.05, 4.69) is 16.0 Å². The van der Waals surface area contributed by atoms with Crippen molar-refractivity contribution in [3.8, 4) is 0 Å². The molecule has 1 heterocycles. The summed E-state index contributed by atoms with van der Waals surface area (Å²) in [4.78, 5) is 23.2. The second-order valence-electron chi connectivity index (χ2n) is 4.63. The zero-order chi connectivity index (χ0) is 15.5. The number of hydrogen-bond acceptors (Lipinski definition) is 3. The van der Waals surface area contributed by atoms with Crippen LogP contribution in [0.5, 0.6) is 0 Å². The summed E-state index contributed by atoms with van der Waals surface area (Å²) in [6.07, 6.45) is -4.60. The Kier molecular flexibility index (Phi) is 4.46. The van der Waals surface area contributed by atoms with Crippen molar-refractivity contribution in [2.75, 3.05) is 18.4 Å². The molecule has 1 fully saturated rings. The third-order valence-corrected chi connectivity index (χ3v) is 2.99. The van der Waals surface area contributed by atoms with Gasteiger partial charge in [-0.25, -0.2) is 0 Å². The predicted octanol–water partition coefficient (Wildman–Crippen LogP) is 1.12. The van der Waals surface area contributed by atoms with Crippen LogP contribution in [0.3, 0.4) is 0 Å². The first kappa shape index (κ1) is 15.3.